The number of rotatable bonds is 4. The zero-order chi connectivity index (χ0) is 16.4. The first-order chi connectivity index (χ1) is 11.1. The average molecular weight is 310 g/mol. The molecule has 3 rings (SSSR count). The predicted octanol–water partition coefficient (Wildman–Crippen LogP) is 3.53. The van der Waals surface area contributed by atoms with E-state index in [-0.39, 0.29) is 11.9 Å². The van der Waals surface area contributed by atoms with Crippen molar-refractivity contribution in [1.29, 1.82) is 0 Å². The van der Waals surface area contributed by atoms with Gasteiger partial charge in [-0.2, -0.15) is 0 Å². The van der Waals surface area contributed by atoms with Gasteiger partial charge in [0.15, 0.2) is 0 Å². The van der Waals surface area contributed by atoms with Crippen molar-refractivity contribution < 1.29 is 9.53 Å². The van der Waals surface area contributed by atoms with Crippen LogP contribution in [0.15, 0.2) is 42.5 Å². The molecule has 1 N–H and O–H groups in total. The highest BCUT2D eigenvalue weighted by atomic mass is 16.5. The van der Waals surface area contributed by atoms with Crippen molar-refractivity contribution in [2.75, 3.05) is 23.9 Å². The molecule has 0 radical (unpaired) electrons. The molecule has 1 heterocycles. The Morgan fingerprint density at radius 1 is 1.09 bits per heavy atom. The zero-order valence-electron chi connectivity index (χ0n) is 13.8. The van der Waals surface area contributed by atoms with Gasteiger partial charge in [-0.05, 0) is 55.7 Å². The van der Waals surface area contributed by atoms with Gasteiger partial charge in [-0.3, -0.25) is 4.79 Å². The van der Waals surface area contributed by atoms with Gasteiger partial charge >= 0.3 is 0 Å². The minimum absolute atomic E-state index is 0.123. The number of ether oxygens (including phenoxy) is 1. The van der Waals surface area contributed by atoms with Crippen LogP contribution in [0.2, 0.25) is 0 Å². The summed E-state index contributed by atoms with van der Waals surface area (Å²) in [5.41, 5.74) is 4.32. The number of nitrogens with zero attached hydrogens (tertiary/aromatic N) is 1. The molecule has 1 aliphatic heterocycles. The van der Waals surface area contributed by atoms with Gasteiger partial charge in [0, 0.05) is 17.9 Å². The molecule has 23 heavy (non-hydrogen) atoms. The average Bonchev–Trinajstić information content (AvgIpc) is 2.92. The van der Waals surface area contributed by atoms with E-state index in [0.717, 1.165) is 30.1 Å². The van der Waals surface area contributed by atoms with E-state index in [2.05, 4.69) is 31.3 Å². The molecule has 0 aliphatic carbocycles. The van der Waals surface area contributed by atoms with Gasteiger partial charge < -0.3 is 15.0 Å². The van der Waals surface area contributed by atoms with E-state index < -0.39 is 0 Å². The summed E-state index contributed by atoms with van der Waals surface area (Å²) in [6.45, 7) is 4.86. The molecule has 1 fully saturated rings. The van der Waals surface area contributed by atoms with Gasteiger partial charge in [0.2, 0.25) is 5.91 Å². The molecule has 120 valence electrons. The molecule has 0 bridgehead atoms. The number of carbonyl (C=O) groups is 1. The summed E-state index contributed by atoms with van der Waals surface area (Å²) in [4.78, 5) is 14.6. The fourth-order valence-electron chi connectivity index (χ4n) is 3.05. The van der Waals surface area contributed by atoms with Crippen molar-refractivity contribution in [3.05, 3.63) is 53.6 Å². The third-order valence-electron chi connectivity index (χ3n) is 4.39. The fourth-order valence-corrected chi connectivity index (χ4v) is 3.05. The van der Waals surface area contributed by atoms with Crippen molar-refractivity contribution in [1.82, 2.24) is 0 Å². The van der Waals surface area contributed by atoms with Crippen LogP contribution in [0.25, 0.3) is 0 Å². The van der Waals surface area contributed by atoms with E-state index in [1.165, 1.54) is 11.1 Å². The molecular weight excluding hydrogens is 288 g/mol. The van der Waals surface area contributed by atoms with Gasteiger partial charge in [0.1, 0.15) is 11.8 Å². The first-order valence-electron chi connectivity index (χ1n) is 7.88. The molecule has 2 aromatic rings. The Hall–Kier alpha value is -2.49. The summed E-state index contributed by atoms with van der Waals surface area (Å²) in [5.74, 6) is 0.920. The predicted molar refractivity (Wildman–Crippen MR) is 93.3 cm³/mol. The number of benzene rings is 2. The van der Waals surface area contributed by atoms with Crippen LogP contribution in [-0.4, -0.2) is 25.6 Å². The van der Waals surface area contributed by atoms with E-state index >= 15 is 0 Å². The third kappa shape index (κ3) is 3.02. The number of carbonyl (C=O) groups excluding carboxylic acids is 1. The number of para-hydroxylation sites is 1. The first kappa shape index (κ1) is 15.4. The maximum absolute atomic E-state index is 12.7. The smallest absolute Gasteiger partial charge is 0.249 e. The van der Waals surface area contributed by atoms with Crippen LogP contribution in [0.1, 0.15) is 17.5 Å². The van der Waals surface area contributed by atoms with E-state index in [9.17, 15) is 4.79 Å². The van der Waals surface area contributed by atoms with Gasteiger partial charge in [-0.15, -0.1) is 0 Å². The summed E-state index contributed by atoms with van der Waals surface area (Å²) in [6.07, 6.45) is 0.804. The fraction of sp³-hybridized carbons (Fsp3) is 0.316. The molecular formula is C19H22N2O2. The second kappa shape index (κ2) is 6.32. The largest absolute Gasteiger partial charge is 0.497 e. The number of amides is 1. The highest BCUT2D eigenvalue weighted by Gasteiger charge is 2.32. The van der Waals surface area contributed by atoms with E-state index in [4.69, 9.17) is 4.74 Å². The highest BCUT2D eigenvalue weighted by molar-refractivity contribution is 6.01. The van der Waals surface area contributed by atoms with Gasteiger partial charge in [-0.25, -0.2) is 0 Å². The number of aryl methyl sites for hydroxylation is 2. The topological polar surface area (TPSA) is 41.6 Å². The number of hydrogen-bond acceptors (Lipinski definition) is 3. The lowest BCUT2D eigenvalue weighted by Crippen LogP contribution is -2.33. The quantitative estimate of drug-likeness (QED) is 0.939. The van der Waals surface area contributed by atoms with Gasteiger partial charge in [-0.1, -0.05) is 18.2 Å². The molecule has 0 aromatic heterocycles. The van der Waals surface area contributed by atoms with E-state index in [1.54, 1.807) is 7.11 Å². The van der Waals surface area contributed by atoms with Crippen molar-refractivity contribution in [3.8, 4) is 5.75 Å². The molecule has 0 spiro atoms. The van der Waals surface area contributed by atoms with Crippen LogP contribution in [0.3, 0.4) is 0 Å². The Morgan fingerprint density at radius 2 is 1.74 bits per heavy atom. The van der Waals surface area contributed by atoms with Gasteiger partial charge in [0.05, 0.1) is 7.11 Å². The molecule has 1 atom stereocenters. The van der Waals surface area contributed by atoms with Gasteiger partial charge in [0.25, 0.3) is 0 Å². The van der Waals surface area contributed by atoms with Crippen LogP contribution in [-0.2, 0) is 4.79 Å². The second-order valence-electron chi connectivity index (χ2n) is 5.94. The standard InChI is InChI=1S/C19H22N2O2/c1-13-5-4-6-14(2)18(13)20-17-11-12-21(19(17)22)15-7-9-16(23-3)10-8-15/h4-10,17,20H,11-12H2,1-3H3. The van der Waals surface area contributed by atoms with Crippen LogP contribution >= 0.6 is 0 Å². The highest BCUT2D eigenvalue weighted by Crippen LogP contribution is 2.27. The SMILES string of the molecule is COc1ccc(N2CCC(Nc3c(C)cccc3C)C2=O)cc1. The molecule has 1 unspecified atom stereocenters. The summed E-state index contributed by atoms with van der Waals surface area (Å²) in [7, 11) is 1.64. The number of methoxy groups -OCH3 is 1. The van der Waals surface area contributed by atoms with Crippen LogP contribution in [0, 0.1) is 13.8 Å². The molecule has 1 aliphatic rings. The Labute approximate surface area is 137 Å². The monoisotopic (exact) mass is 310 g/mol. The van der Waals surface area contributed by atoms with Crippen LogP contribution in [0.5, 0.6) is 5.75 Å². The Kier molecular flexibility index (Phi) is 4.24. The summed E-state index contributed by atoms with van der Waals surface area (Å²) in [6, 6.07) is 13.6. The van der Waals surface area contributed by atoms with E-state index in [1.807, 2.05) is 35.2 Å². The lowest BCUT2D eigenvalue weighted by molar-refractivity contribution is -0.117. The molecule has 1 saturated heterocycles. The first-order valence-corrected chi connectivity index (χ1v) is 7.88. The zero-order valence-corrected chi connectivity index (χ0v) is 13.8. The summed E-state index contributed by atoms with van der Waals surface area (Å²) in [5, 5.41) is 3.43. The molecule has 4 nitrogen and oxygen atoms in total. The lowest BCUT2D eigenvalue weighted by Gasteiger charge is -2.19. The van der Waals surface area contributed by atoms with E-state index in [0.29, 0.717) is 0 Å². The minimum Gasteiger partial charge on any atom is -0.497 e. The van der Waals surface area contributed by atoms with Crippen LogP contribution < -0.4 is 15.0 Å². The summed E-state index contributed by atoms with van der Waals surface area (Å²) >= 11 is 0. The minimum atomic E-state index is -0.170. The normalized spacial score (nSPS) is 17.4. The van der Waals surface area contributed by atoms with Crippen molar-refractivity contribution in [2.24, 2.45) is 0 Å². The maximum Gasteiger partial charge on any atom is 0.249 e. The molecule has 1 amide bonds. The molecule has 0 saturated carbocycles. The number of nitrogens with one attached hydrogen (secondary N) is 1. The lowest BCUT2D eigenvalue weighted by atomic mass is 10.1. The Bertz CT molecular complexity index is 690. The van der Waals surface area contributed by atoms with Crippen LogP contribution in [0.4, 0.5) is 11.4 Å². The Balaban J connectivity index is 1.76. The van der Waals surface area contributed by atoms with Crippen molar-refractivity contribution >= 4 is 17.3 Å². The maximum atomic E-state index is 12.7. The third-order valence-corrected chi connectivity index (χ3v) is 4.39. The van der Waals surface area contributed by atoms with Crippen molar-refractivity contribution in [3.63, 3.8) is 0 Å². The number of anilines is 2. The molecule has 2 aromatic carbocycles. The second-order valence-corrected chi connectivity index (χ2v) is 5.94. The van der Waals surface area contributed by atoms with Crippen molar-refractivity contribution in [2.45, 2.75) is 26.3 Å². The number of hydrogen-bond donors (Lipinski definition) is 1. The Morgan fingerprint density at radius 3 is 2.35 bits per heavy atom. The molecule has 4 heteroatoms. The summed E-state index contributed by atoms with van der Waals surface area (Å²) < 4.78 is 5.17.